The van der Waals surface area contributed by atoms with Crippen LogP contribution in [0.15, 0.2) is 54.7 Å². The van der Waals surface area contributed by atoms with Crippen LogP contribution in [-0.4, -0.2) is 33.1 Å². The molecule has 0 saturated heterocycles. The summed E-state index contributed by atoms with van der Waals surface area (Å²) in [6, 6.07) is 11.8. The van der Waals surface area contributed by atoms with Crippen molar-refractivity contribution in [3.8, 4) is 0 Å². The molecule has 11 heteroatoms. The summed E-state index contributed by atoms with van der Waals surface area (Å²) in [7, 11) is 0. The summed E-state index contributed by atoms with van der Waals surface area (Å²) in [4.78, 5) is 44.1. The van der Waals surface area contributed by atoms with Gasteiger partial charge < -0.3 is 21.8 Å². The number of benzene rings is 2. The number of aromatic nitrogens is 2. The summed E-state index contributed by atoms with van der Waals surface area (Å²) >= 11 is 0.678. The Labute approximate surface area is 222 Å². The quantitative estimate of drug-likeness (QED) is 0.279. The number of hydrogen-bond donors (Lipinski definition) is 4. The lowest BCUT2D eigenvalue weighted by Crippen LogP contribution is -2.47. The number of aromatic amines is 1. The molecule has 2 aromatic heterocycles. The van der Waals surface area contributed by atoms with Crippen LogP contribution in [0.2, 0.25) is 0 Å². The van der Waals surface area contributed by atoms with E-state index in [0.717, 1.165) is 42.5 Å². The van der Waals surface area contributed by atoms with Crippen LogP contribution in [0.5, 0.6) is 0 Å². The van der Waals surface area contributed by atoms with E-state index in [4.69, 9.17) is 11.5 Å². The molecule has 1 unspecified atom stereocenters. The standard InChI is InChI=1S/C27H27FN6O3S/c28-18-11-5-7-13-20(18)34(27(37)24-21(29)22(25(30)35)33-38-24)23(26(36)32-15-8-2-1-3-9-15)17-14-31-19-12-6-4-10-16(17)19/h4-7,10-15,23,31H,1-3,8-9,29H2,(H2,30,35)(H,32,36). The third kappa shape index (κ3) is 4.72. The van der Waals surface area contributed by atoms with E-state index in [-0.39, 0.29) is 28.0 Å². The van der Waals surface area contributed by atoms with Gasteiger partial charge in [-0.2, -0.15) is 4.37 Å². The van der Waals surface area contributed by atoms with Gasteiger partial charge in [0.05, 0.1) is 11.4 Å². The van der Waals surface area contributed by atoms with Gasteiger partial charge in [0.2, 0.25) is 5.91 Å². The Kier molecular flexibility index (Phi) is 7.10. The van der Waals surface area contributed by atoms with E-state index in [1.807, 2.05) is 24.3 Å². The van der Waals surface area contributed by atoms with Crippen LogP contribution in [0.25, 0.3) is 10.9 Å². The van der Waals surface area contributed by atoms with E-state index in [0.29, 0.717) is 22.5 Å². The number of nitrogens with one attached hydrogen (secondary N) is 2. The number of H-pyrrole nitrogens is 1. The maximum absolute atomic E-state index is 15.3. The van der Waals surface area contributed by atoms with Crippen LogP contribution in [0.4, 0.5) is 15.8 Å². The largest absolute Gasteiger partial charge is 0.395 e. The van der Waals surface area contributed by atoms with E-state index in [1.165, 1.54) is 18.2 Å². The molecule has 1 aliphatic carbocycles. The SMILES string of the molecule is NC(=O)c1nsc(C(=O)N(c2ccccc2F)C(C(=O)NC2CCCCC2)c2c[nH]c3ccccc23)c1N. The summed E-state index contributed by atoms with van der Waals surface area (Å²) in [6.07, 6.45) is 6.39. The van der Waals surface area contributed by atoms with Gasteiger partial charge in [0, 0.05) is 28.7 Å². The molecule has 0 bridgehead atoms. The van der Waals surface area contributed by atoms with Crippen molar-refractivity contribution < 1.29 is 18.8 Å². The van der Waals surface area contributed by atoms with Crippen molar-refractivity contribution in [3.05, 3.63) is 76.7 Å². The van der Waals surface area contributed by atoms with Crippen molar-refractivity contribution in [1.82, 2.24) is 14.7 Å². The van der Waals surface area contributed by atoms with Gasteiger partial charge in [0.15, 0.2) is 5.69 Å². The highest BCUT2D eigenvalue weighted by atomic mass is 32.1. The zero-order chi connectivity index (χ0) is 26.8. The molecule has 1 atom stereocenters. The second-order valence-corrected chi connectivity index (χ2v) is 10.1. The second kappa shape index (κ2) is 10.6. The minimum absolute atomic E-state index is 0.0588. The maximum atomic E-state index is 15.3. The minimum atomic E-state index is -1.25. The minimum Gasteiger partial charge on any atom is -0.395 e. The van der Waals surface area contributed by atoms with Crippen LogP contribution in [-0.2, 0) is 4.79 Å². The van der Waals surface area contributed by atoms with Crippen molar-refractivity contribution in [3.63, 3.8) is 0 Å². The van der Waals surface area contributed by atoms with Gasteiger partial charge in [-0.05, 0) is 42.6 Å². The first-order chi connectivity index (χ1) is 18.4. The van der Waals surface area contributed by atoms with Gasteiger partial charge >= 0.3 is 0 Å². The second-order valence-electron chi connectivity index (χ2n) is 9.30. The molecule has 1 saturated carbocycles. The topological polar surface area (TPSA) is 147 Å². The number of nitrogen functional groups attached to an aromatic ring is 1. The third-order valence-corrected chi connectivity index (χ3v) is 7.71. The summed E-state index contributed by atoms with van der Waals surface area (Å²) in [5, 5.41) is 3.81. The van der Waals surface area contributed by atoms with Gasteiger partial charge in [-0.3, -0.25) is 19.3 Å². The zero-order valence-corrected chi connectivity index (χ0v) is 21.3. The molecule has 0 spiro atoms. The van der Waals surface area contributed by atoms with E-state index in [2.05, 4.69) is 14.7 Å². The number of carbonyl (C=O) groups excluding carboxylic acids is 3. The first-order valence-electron chi connectivity index (χ1n) is 12.4. The number of fused-ring (bicyclic) bond motifs is 1. The number of anilines is 2. The lowest BCUT2D eigenvalue weighted by molar-refractivity contribution is -0.123. The first kappa shape index (κ1) is 25.4. The summed E-state index contributed by atoms with van der Waals surface area (Å²) in [5.41, 5.74) is 12.1. The van der Waals surface area contributed by atoms with Crippen LogP contribution >= 0.6 is 11.5 Å². The molecule has 0 aliphatic heterocycles. The first-order valence-corrected chi connectivity index (χ1v) is 13.1. The highest BCUT2D eigenvalue weighted by Crippen LogP contribution is 2.37. The fourth-order valence-electron chi connectivity index (χ4n) is 5.00. The Balaban J connectivity index is 1.68. The molecule has 3 amide bonds. The van der Waals surface area contributed by atoms with Crippen molar-refractivity contribution in [2.75, 3.05) is 10.6 Å². The number of amides is 3. The number of primary amides is 1. The molecule has 5 rings (SSSR count). The normalized spacial score (nSPS) is 14.8. The fraction of sp³-hybridized carbons (Fsp3) is 0.259. The van der Waals surface area contributed by atoms with Gasteiger partial charge in [-0.1, -0.05) is 49.6 Å². The molecule has 0 radical (unpaired) electrons. The molecule has 196 valence electrons. The summed E-state index contributed by atoms with van der Waals surface area (Å²) < 4.78 is 19.3. The monoisotopic (exact) mass is 534 g/mol. The Morgan fingerprint density at radius 1 is 1.08 bits per heavy atom. The van der Waals surface area contributed by atoms with Gasteiger partial charge in [0.1, 0.15) is 16.7 Å². The van der Waals surface area contributed by atoms with E-state index >= 15 is 4.39 Å². The highest BCUT2D eigenvalue weighted by molar-refractivity contribution is 7.09. The van der Waals surface area contributed by atoms with Crippen LogP contribution < -0.4 is 21.7 Å². The number of para-hydroxylation sites is 2. The predicted octanol–water partition coefficient (Wildman–Crippen LogP) is 4.28. The van der Waals surface area contributed by atoms with Crippen molar-refractivity contribution in [2.24, 2.45) is 5.73 Å². The smallest absolute Gasteiger partial charge is 0.273 e. The fourth-order valence-corrected chi connectivity index (χ4v) is 5.74. The van der Waals surface area contributed by atoms with E-state index in [1.54, 1.807) is 12.3 Å². The lowest BCUT2D eigenvalue weighted by atomic mass is 9.94. The van der Waals surface area contributed by atoms with E-state index in [9.17, 15) is 14.4 Å². The highest BCUT2D eigenvalue weighted by Gasteiger charge is 2.39. The third-order valence-electron chi connectivity index (χ3n) is 6.86. The van der Waals surface area contributed by atoms with Crippen molar-refractivity contribution >= 4 is 51.5 Å². The molecule has 1 aliphatic rings. The molecular weight excluding hydrogens is 507 g/mol. The Morgan fingerprint density at radius 2 is 1.79 bits per heavy atom. The predicted molar refractivity (Wildman–Crippen MR) is 144 cm³/mol. The number of halogens is 1. The molecule has 2 aromatic carbocycles. The van der Waals surface area contributed by atoms with E-state index < -0.39 is 29.6 Å². The lowest BCUT2D eigenvalue weighted by Gasteiger charge is -2.33. The van der Waals surface area contributed by atoms with Gasteiger partial charge in [-0.15, -0.1) is 0 Å². The Hall–Kier alpha value is -4.25. The molecule has 2 heterocycles. The molecule has 1 fully saturated rings. The maximum Gasteiger partial charge on any atom is 0.273 e. The number of carbonyl (C=O) groups is 3. The molecule has 38 heavy (non-hydrogen) atoms. The Bertz CT molecular complexity index is 1510. The van der Waals surface area contributed by atoms with Crippen LogP contribution in [0.1, 0.15) is 63.9 Å². The number of nitrogens with two attached hydrogens (primary N) is 2. The average Bonchev–Trinajstić information content (AvgIpc) is 3.51. The molecule has 4 aromatic rings. The Morgan fingerprint density at radius 3 is 2.50 bits per heavy atom. The van der Waals surface area contributed by atoms with Gasteiger partial charge in [-0.25, -0.2) is 4.39 Å². The summed E-state index contributed by atoms with van der Waals surface area (Å²) in [5.74, 6) is -2.81. The number of hydrogen-bond acceptors (Lipinski definition) is 6. The molecule has 9 nitrogen and oxygen atoms in total. The van der Waals surface area contributed by atoms with Crippen LogP contribution in [0, 0.1) is 5.82 Å². The van der Waals surface area contributed by atoms with Crippen LogP contribution in [0.3, 0.4) is 0 Å². The van der Waals surface area contributed by atoms with Gasteiger partial charge in [0.25, 0.3) is 11.8 Å². The number of rotatable bonds is 7. The zero-order valence-electron chi connectivity index (χ0n) is 20.4. The van der Waals surface area contributed by atoms with Crippen molar-refractivity contribution in [2.45, 2.75) is 44.2 Å². The molecule has 6 N–H and O–H groups in total. The average molecular weight is 535 g/mol. The number of nitrogens with zero attached hydrogens (tertiary/aromatic N) is 2. The molecular formula is C27H27FN6O3S. The van der Waals surface area contributed by atoms with Crippen molar-refractivity contribution in [1.29, 1.82) is 0 Å². The summed E-state index contributed by atoms with van der Waals surface area (Å²) in [6.45, 7) is 0.